The molecule has 2 amide bonds. The molecule has 180 valence electrons. The van der Waals surface area contributed by atoms with Crippen LogP contribution in [0.1, 0.15) is 30.9 Å². The number of rotatable bonds is 5. The first-order valence-electron chi connectivity index (χ1n) is 12.1. The van der Waals surface area contributed by atoms with Crippen LogP contribution in [0.5, 0.6) is 0 Å². The Kier molecular flexibility index (Phi) is 5.16. The van der Waals surface area contributed by atoms with E-state index in [0.717, 1.165) is 67.6 Å². The number of carbonyl (C=O) groups excluding carboxylic acids is 2. The summed E-state index contributed by atoms with van der Waals surface area (Å²) in [5.74, 6) is 1.73. The number of carbonyl (C=O) groups is 2. The van der Waals surface area contributed by atoms with Gasteiger partial charge in [-0.2, -0.15) is 9.61 Å². The van der Waals surface area contributed by atoms with Gasteiger partial charge in [-0.15, -0.1) is 0 Å². The van der Waals surface area contributed by atoms with Gasteiger partial charge in [-0.3, -0.25) is 14.9 Å². The number of pyridine rings is 1. The van der Waals surface area contributed by atoms with Crippen LogP contribution in [0, 0.1) is 12.8 Å². The van der Waals surface area contributed by atoms with Gasteiger partial charge in [0.1, 0.15) is 17.5 Å². The Morgan fingerprint density at radius 2 is 1.89 bits per heavy atom. The van der Waals surface area contributed by atoms with Gasteiger partial charge in [-0.1, -0.05) is 6.07 Å². The highest BCUT2D eigenvalue weighted by Gasteiger charge is 2.33. The Labute approximate surface area is 203 Å². The van der Waals surface area contributed by atoms with Crippen LogP contribution in [-0.4, -0.2) is 63.6 Å². The summed E-state index contributed by atoms with van der Waals surface area (Å²) in [6.45, 7) is 7.17. The number of anilines is 3. The van der Waals surface area contributed by atoms with E-state index in [4.69, 9.17) is 4.98 Å². The van der Waals surface area contributed by atoms with Crippen molar-refractivity contribution in [3.05, 3.63) is 47.3 Å². The lowest BCUT2D eigenvalue weighted by atomic mass is 10.0. The van der Waals surface area contributed by atoms with Gasteiger partial charge in [0.2, 0.25) is 5.91 Å². The molecule has 3 aliphatic rings. The first-order chi connectivity index (χ1) is 17.0. The Morgan fingerprint density at radius 1 is 1.11 bits per heavy atom. The Morgan fingerprint density at radius 3 is 2.54 bits per heavy atom. The Balaban J connectivity index is 1.37. The monoisotopic (exact) mass is 472 g/mol. The maximum atomic E-state index is 12.3. The fourth-order valence-corrected chi connectivity index (χ4v) is 4.76. The highest BCUT2D eigenvalue weighted by Crippen LogP contribution is 2.33. The smallest absolute Gasteiger partial charge is 0.254 e. The standard InChI is InChI=1S/C25H28N8O2/c1-15-19(25(35)30-24(15)34)13-17-14-27-33-22(28-18-6-7-18)16(2)21(29-23(17)33)32-11-9-31(10-12-32)20-5-3-4-8-26-20/h3-5,8,13-15,18,28H,6-7,9-12H2,1-2H3,(H,30,34,35). The lowest BCUT2D eigenvalue weighted by Gasteiger charge is -2.37. The third-order valence-electron chi connectivity index (χ3n) is 7.03. The minimum absolute atomic E-state index is 0.274. The molecule has 2 saturated heterocycles. The van der Waals surface area contributed by atoms with Gasteiger partial charge in [0.05, 0.1) is 12.1 Å². The van der Waals surface area contributed by atoms with Crippen molar-refractivity contribution in [1.82, 2.24) is 24.9 Å². The van der Waals surface area contributed by atoms with Gasteiger partial charge < -0.3 is 15.1 Å². The molecule has 10 nitrogen and oxygen atoms in total. The van der Waals surface area contributed by atoms with E-state index in [2.05, 4.69) is 37.4 Å². The van der Waals surface area contributed by atoms with Gasteiger partial charge in [-0.05, 0) is 44.9 Å². The number of hydrogen-bond acceptors (Lipinski definition) is 8. The molecule has 1 atom stereocenters. The predicted octanol–water partition coefficient (Wildman–Crippen LogP) is 2.01. The maximum Gasteiger partial charge on any atom is 0.254 e. The summed E-state index contributed by atoms with van der Waals surface area (Å²) in [6, 6.07) is 6.43. The van der Waals surface area contributed by atoms with Gasteiger partial charge in [0, 0.05) is 55.1 Å². The Hall–Kier alpha value is -3.95. The second-order valence-corrected chi connectivity index (χ2v) is 9.46. The molecule has 5 heterocycles. The second-order valence-electron chi connectivity index (χ2n) is 9.46. The van der Waals surface area contributed by atoms with Crippen molar-refractivity contribution < 1.29 is 9.59 Å². The normalized spacial score (nSPS) is 21.8. The molecule has 0 spiro atoms. The van der Waals surface area contributed by atoms with E-state index in [9.17, 15) is 9.59 Å². The van der Waals surface area contributed by atoms with Crippen LogP contribution in [0.25, 0.3) is 11.7 Å². The van der Waals surface area contributed by atoms with E-state index >= 15 is 0 Å². The number of nitrogens with zero attached hydrogens (tertiary/aromatic N) is 6. The van der Waals surface area contributed by atoms with Crippen molar-refractivity contribution in [3.8, 4) is 0 Å². The van der Waals surface area contributed by atoms with Crippen LogP contribution in [0.15, 0.2) is 36.2 Å². The zero-order valence-corrected chi connectivity index (χ0v) is 19.9. The minimum Gasteiger partial charge on any atom is -0.367 e. The van der Waals surface area contributed by atoms with Crippen molar-refractivity contribution >= 4 is 41.0 Å². The number of nitrogens with one attached hydrogen (secondary N) is 2. The average Bonchev–Trinajstić information content (AvgIpc) is 3.56. The second kappa shape index (κ2) is 8.37. The zero-order chi connectivity index (χ0) is 24.1. The molecule has 3 aromatic rings. The highest BCUT2D eigenvalue weighted by molar-refractivity contribution is 6.17. The number of amides is 2. The molecule has 0 aromatic carbocycles. The molecule has 3 aromatic heterocycles. The molecule has 0 radical (unpaired) electrons. The lowest BCUT2D eigenvalue weighted by molar-refractivity contribution is -0.125. The highest BCUT2D eigenvalue weighted by atomic mass is 16.2. The number of fused-ring (bicyclic) bond motifs is 1. The number of aromatic nitrogens is 4. The summed E-state index contributed by atoms with van der Waals surface area (Å²) in [7, 11) is 0. The van der Waals surface area contributed by atoms with Crippen molar-refractivity contribution in [1.29, 1.82) is 0 Å². The first-order valence-corrected chi connectivity index (χ1v) is 12.1. The summed E-state index contributed by atoms with van der Waals surface area (Å²) in [5.41, 5.74) is 2.89. The summed E-state index contributed by atoms with van der Waals surface area (Å²) < 4.78 is 1.83. The van der Waals surface area contributed by atoms with Crippen LogP contribution in [0.3, 0.4) is 0 Å². The average molecular weight is 473 g/mol. The molecule has 3 fully saturated rings. The summed E-state index contributed by atoms with van der Waals surface area (Å²) in [4.78, 5) is 38.4. The van der Waals surface area contributed by atoms with E-state index in [1.54, 1.807) is 19.2 Å². The third kappa shape index (κ3) is 3.88. The van der Waals surface area contributed by atoms with E-state index in [1.807, 2.05) is 28.9 Å². The molecule has 2 N–H and O–H groups in total. The largest absolute Gasteiger partial charge is 0.367 e. The van der Waals surface area contributed by atoms with Gasteiger partial charge >= 0.3 is 0 Å². The molecule has 35 heavy (non-hydrogen) atoms. The lowest BCUT2D eigenvalue weighted by Crippen LogP contribution is -2.47. The fourth-order valence-electron chi connectivity index (χ4n) is 4.76. The van der Waals surface area contributed by atoms with Gasteiger partial charge in [0.25, 0.3) is 5.91 Å². The Bertz CT molecular complexity index is 1340. The third-order valence-corrected chi connectivity index (χ3v) is 7.03. The van der Waals surface area contributed by atoms with Gasteiger partial charge in [0.15, 0.2) is 5.65 Å². The van der Waals surface area contributed by atoms with Crippen LogP contribution in [0.4, 0.5) is 17.5 Å². The molecule has 1 unspecified atom stereocenters. The van der Waals surface area contributed by atoms with E-state index < -0.39 is 5.92 Å². The molecular weight excluding hydrogens is 444 g/mol. The molecule has 10 heteroatoms. The molecular formula is C25H28N8O2. The van der Waals surface area contributed by atoms with Crippen molar-refractivity contribution in [2.24, 2.45) is 5.92 Å². The number of piperazine rings is 1. The summed E-state index contributed by atoms with van der Waals surface area (Å²) in [6.07, 6.45) is 7.57. The molecule has 2 aliphatic heterocycles. The summed E-state index contributed by atoms with van der Waals surface area (Å²) in [5, 5.41) is 10.6. The number of imide groups is 1. The van der Waals surface area contributed by atoms with Crippen LogP contribution < -0.4 is 20.4 Å². The van der Waals surface area contributed by atoms with Crippen LogP contribution in [-0.2, 0) is 9.59 Å². The quantitative estimate of drug-likeness (QED) is 0.429. The van der Waals surface area contributed by atoms with E-state index in [0.29, 0.717) is 17.3 Å². The molecule has 1 aliphatic carbocycles. The van der Waals surface area contributed by atoms with E-state index in [-0.39, 0.29) is 11.8 Å². The maximum absolute atomic E-state index is 12.3. The zero-order valence-electron chi connectivity index (χ0n) is 19.9. The van der Waals surface area contributed by atoms with E-state index in [1.165, 1.54) is 0 Å². The molecule has 6 rings (SSSR count). The predicted molar refractivity (Wildman–Crippen MR) is 133 cm³/mol. The van der Waals surface area contributed by atoms with Crippen molar-refractivity contribution in [2.45, 2.75) is 32.7 Å². The minimum atomic E-state index is -0.494. The molecule has 0 bridgehead atoms. The van der Waals surface area contributed by atoms with Gasteiger partial charge in [-0.25, -0.2) is 9.97 Å². The number of hydrogen-bond donors (Lipinski definition) is 2. The fraction of sp³-hybridized carbons (Fsp3) is 0.400. The van der Waals surface area contributed by atoms with Crippen molar-refractivity contribution in [3.63, 3.8) is 0 Å². The first kappa shape index (κ1) is 21.6. The SMILES string of the molecule is Cc1c(N2CCN(c3ccccn3)CC2)nc2c(C=C3C(=O)NC(=O)C3C)cnn2c1NC1CC1. The molecule has 1 saturated carbocycles. The summed E-state index contributed by atoms with van der Waals surface area (Å²) >= 11 is 0. The van der Waals surface area contributed by atoms with Crippen molar-refractivity contribution in [2.75, 3.05) is 41.3 Å². The van der Waals surface area contributed by atoms with Crippen LogP contribution >= 0.6 is 0 Å². The van der Waals surface area contributed by atoms with Crippen LogP contribution in [0.2, 0.25) is 0 Å². The topological polar surface area (TPSA) is 108 Å².